The maximum atomic E-state index is 12.5. The van der Waals surface area contributed by atoms with Crippen LogP contribution in [0, 0.1) is 0 Å². The maximum absolute atomic E-state index is 12.5. The predicted octanol–water partition coefficient (Wildman–Crippen LogP) is 3.17. The summed E-state index contributed by atoms with van der Waals surface area (Å²) in [6.07, 6.45) is -4.23. The first-order valence-corrected chi connectivity index (χ1v) is 7.32. The average Bonchev–Trinajstić information content (AvgIpc) is 2.37. The van der Waals surface area contributed by atoms with Gasteiger partial charge in [0.2, 0.25) is 9.84 Å². The molecule has 2 N–H and O–H groups in total. The number of pyridine rings is 1. The van der Waals surface area contributed by atoms with Crippen LogP contribution in [-0.2, 0) is 16.0 Å². The molecule has 2 aromatic rings. The highest BCUT2D eigenvalue weighted by Crippen LogP contribution is 2.33. The lowest BCUT2D eigenvalue weighted by Crippen LogP contribution is -2.10. The van der Waals surface area contributed by atoms with Gasteiger partial charge in [-0.05, 0) is 30.3 Å². The molecule has 0 saturated heterocycles. The molecule has 0 aliphatic heterocycles. The molecule has 112 valence electrons. The fourth-order valence-corrected chi connectivity index (χ4v) is 3.23. The van der Waals surface area contributed by atoms with Gasteiger partial charge in [-0.25, -0.2) is 13.4 Å². The van der Waals surface area contributed by atoms with E-state index in [2.05, 4.69) is 4.98 Å². The van der Waals surface area contributed by atoms with Crippen LogP contribution in [0.5, 0.6) is 0 Å². The van der Waals surface area contributed by atoms with Crippen molar-refractivity contribution < 1.29 is 21.6 Å². The molecule has 0 fully saturated rings. The molecule has 4 nitrogen and oxygen atoms in total. The second-order valence-electron chi connectivity index (χ2n) is 4.08. The molecular weight excluding hydrogens is 329 g/mol. The minimum absolute atomic E-state index is 0.161. The molecule has 0 aliphatic carbocycles. The first-order chi connectivity index (χ1) is 9.62. The first-order valence-electron chi connectivity index (χ1n) is 5.46. The fraction of sp³-hybridized carbons (Fsp3) is 0.0833. The van der Waals surface area contributed by atoms with E-state index in [1.807, 2.05) is 0 Å². The summed E-state index contributed by atoms with van der Waals surface area (Å²) >= 11 is 5.63. The van der Waals surface area contributed by atoms with E-state index in [4.69, 9.17) is 17.3 Å². The number of benzene rings is 1. The normalized spacial score (nSPS) is 12.4. The summed E-state index contributed by atoms with van der Waals surface area (Å²) in [6, 6.07) is 5.68. The van der Waals surface area contributed by atoms with Crippen molar-refractivity contribution in [1.29, 1.82) is 0 Å². The van der Waals surface area contributed by atoms with Crippen molar-refractivity contribution in [3.05, 3.63) is 47.1 Å². The highest BCUT2D eigenvalue weighted by molar-refractivity contribution is 7.91. The second kappa shape index (κ2) is 5.19. The van der Waals surface area contributed by atoms with E-state index in [1.54, 1.807) is 0 Å². The van der Waals surface area contributed by atoms with Crippen molar-refractivity contribution in [1.82, 2.24) is 4.98 Å². The molecule has 1 aromatic carbocycles. The van der Waals surface area contributed by atoms with Crippen LogP contribution in [-0.4, -0.2) is 13.4 Å². The van der Waals surface area contributed by atoms with E-state index >= 15 is 0 Å². The Morgan fingerprint density at radius 3 is 2.19 bits per heavy atom. The fourth-order valence-electron chi connectivity index (χ4n) is 1.54. The summed E-state index contributed by atoms with van der Waals surface area (Å²) in [4.78, 5) is 3.18. The smallest absolute Gasteiger partial charge is 0.399 e. The minimum atomic E-state index is -4.65. The molecule has 21 heavy (non-hydrogen) atoms. The van der Waals surface area contributed by atoms with Crippen LogP contribution in [0.25, 0.3) is 0 Å². The van der Waals surface area contributed by atoms with Gasteiger partial charge in [0.05, 0.1) is 15.5 Å². The molecule has 2 rings (SSSR count). The van der Waals surface area contributed by atoms with Crippen LogP contribution in [0.2, 0.25) is 5.02 Å². The number of sulfone groups is 1. The Morgan fingerprint density at radius 1 is 1.14 bits per heavy atom. The van der Waals surface area contributed by atoms with Gasteiger partial charge >= 0.3 is 6.18 Å². The molecule has 0 saturated carbocycles. The minimum Gasteiger partial charge on any atom is -0.399 e. The monoisotopic (exact) mass is 336 g/mol. The van der Waals surface area contributed by atoms with Gasteiger partial charge in [0.15, 0.2) is 5.03 Å². The van der Waals surface area contributed by atoms with Gasteiger partial charge in [0.25, 0.3) is 0 Å². The molecule has 9 heteroatoms. The van der Waals surface area contributed by atoms with Crippen molar-refractivity contribution in [2.75, 3.05) is 5.73 Å². The Labute approximate surface area is 123 Å². The van der Waals surface area contributed by atoms with Crippen LogP contribution in [0.3, 0.4) is 0 Å². The second-order valence-corrected chi connectivity index (χ2v) is 6.35. The van der Waals surface area contributed by atoms with Crippen molar-refractivity contribution in [3.8, 4) is 0 Å². The third-order valence-corrected chi connectivity index (χ3v) is 4.71. The third-order valence-electron chi connectivity index (χ3n) is 2.58. The number of hydrogen-bond donors (Lipinski definition) is 1. The van der Waals surface area contributed by atoms with E-state index in [0.29, 0.717) is 18.0 Å². The standard InChI is InChI=1S/C12H8ClF3N2O2S/c13-10-5-7(12(14,15)16)6-18-11(10)21(19,20)9-3-1-8(17)2-4-9/h1-6H,17H2. The molecular formula is C12H8ClF3N2O2S. The van der Waals surface area contributed by atoms with Gasteiger partial charge in [-0.3, -0.25) is 0 Å². The van der Waals surface area contributed by atoms with Crippen molar-refractivity contribution in [3.63, 3.8) is 0 Å². The van der Waals surface area contributed by atoms with Crippen LogP contribution >= 0.6 is 11.6 Å². The Bertz CT molecular complexity index is 774. The number of nitrogens with two attached hydrogens (primary N) is 1. The number of rotatable bonds is 2. The topological polar surface area (TPSA) is 73.1 Å². The van der Waals surface area contributed by atoms with Gasteiger partial charge in [0, 0.05) is 11.9 Å². The summed E-state index contributed by atoms with van der Waals surface area (Å²) in [5, 5.41) is -1.23. The van der Waals surface area contributed by atoms with Crippen LogP contribution in [0.1, 0.15) is 5.56 Å². The Morgan fingerprint density at radius 2 is 1.71 bits per heavy atom. The molecule has 0 atom stereocenters. The summed E-state index contributed by atoms with van der Waals surface area (Å²) in [5.74, 6) is 0. The molecule has 1 aromatic heterocycles. The van der Waals surface area contributed by atoms with Crippen LogP contribution < -0.4 is 5.73 Å². The molecule has 0 unspecified atom stereocenters. The largest absolute Gasteiger partial charge is 0.417 e. The number of nitrogens with zero attached hydrogens (tertiary/aromatic N) is 1. The van der Waals surface area contributed by atoms with E-state index in [9.17, 15) is 21.6 Å². The van der Waals surface area contributed by atoms with Crippen molar-refractivity contribution in [2.45, 2.75) is 16.1 Å². The predicted molar refractivity (Wildman–Crippen MR) is 70.6 cm³/mol. The number of alkyl halides is 3. The van der Waals surface area contributed by atoms with E-state index in [1.165, 1.54) is 24.3 Å². The van der Waals surface area contributed by atoms with Gasteiger partial charge < -0.3 is 5.73 Å². The van der Waals surface area contributed by atoms with Crippen molar-refractivity contribution >= 4 is 27.1 Å². The van der Waals surface area contributed by atoms with Gasteiger partial charge in [-0.2, -0.15) is 13.2 Å². The maximum Gasteiger partial charge on any atom is 0.417 e. The first kappa shape index (κ1) is 15.6. The van der Waals surface area contributed by atoms with E-state index < -0.39 is 31.6 Å². The number of anilines is 1. The Hall–Kier alpha value is -1.80. The SMILES string of the molecule is Nc1ccc(S(=O)(=O)c2ncc(C(F)(F)F)cc2Cl)cc1. The van der Waals surface area contributed by atoms with E-state index in [-0.39, 0.29) is 4.90 Å². The highest BCUT2D eigenvalue weighted by Gasteiger charge is 2.33. The lowest BCUT2D eigenvalue weighted by molar-refractivity contribution is -0.137. The Kier molecular flexibility index (Phi) is 3.85. The summed E-state index contributed by atoms with van der Waals surface area (Å²) in [5.41, 5.74) is 4.67. The summed E-state index contributed by atoms with van der Waals surface area (Å²) in [6.45, 7) is 0. The quantitative estimate of drug-likeness (QED) is 0.855. The lowest BCUT2D eigenvalue weighted by Gasteiger charge is -2.10. The summed E-state index contributed by atoms with van der Waals surface area (Å²) in [7, 11) is -4.11. The molecule has 0 bridgehead atoms. The van der Waals surface area contributed by atoms with Crippen LogP contribution in [0.15, 0.2) is 46.5 Å². The van der Waals surface area contributed by atoms with Gasteiger partial charge in [-0.15, -0.1) is 0 Å². The highest BCUT2D eigenvalue weighted by atomic mass is 35.5. The molecule has 1 heterocycles. The molecule has 0 aliphatic rings. The average molecular weight is 337 g/mol. The number of aromatic nitrogens is 1. The number of halogens is 4. The molecule has 0 radical (unpaired) electrons. The summed E-state index contributed by atoms with van der Waals surface area (Å²) < 4.78 is 62.0. The zero-order chi connectivity index (χ0) is 15.8. The number of nitrogen functional groups attached to an aromatic ring is 1. The van der Waals surface area contributed by atoms with Gasteiger partial charge in [0.1, 0.15) is 0 Å². The Balaban J connectivity index is 2.53. The lowest BCUT2D eigenvalue weighted by atomic mass is 10.3. The molecule has 0 spiro atoms. The van der Waals surface area contributed by atoms with Crippen LogP contribution in [0.4, 0.5) is 18.9 Å². The van der Waals surface area contributed by atoms with E-state index in [0.717, 1.165) is 0 Å². The number of hydrogen-bond acceptors (Lipinski definition) is 4. The van der Waals surface area contributed by atoms with Crippen molar-refractivity contribution in [2.24, 2.45) is 0 Å². The molecule has 0 amide bonds. The zero-order valence-corrected chi connectivity index (χ0v) is 11.8. The third kappa shape index (κ3) is 3.11. The zero-order valence-electron chi connectivity index (χ0n) is 10.2. The van der Waals surface area contributed by atoms with Gasteiger partial charge in [-0.1, -0.05) is 11.6 Å².